The highest BCUT2D eigenvalue weighted by atomic mass is 35.5. The van der Waals surface area contributed by atoms with Crippen molar-refractivity contribution in [3.05, 3.63) is 34.9 Å². The Morgan fingerprint density at radius 2 is 1.87 bits per heavy atom. The number of amides is 2. The van der Waals surface area contributed by atoms with Crippen LogP contribution in [-0.2, 0) is 0 Å². The molecule has 1 saturated heterocycles. The number of benzene rings is 1. The summed E-state index contributed by atoms with van der Waals surface area (Å²) in [6.45, 7) is 8.24. The molecule has 0 aromatic heterocycles. The van der Waals surface area contributed by atoms with E-state index in [1.165, 1.54) is 5.56 Å². The molecule has 128 valence electrons. The second-order valence-corrected chi connectivity index (χ2v) is 8.07. The van der Waals surface area contributed by atoms with Gasteiger partial charge in [0.1, 0.15) is 0 Å². The average Bonchev–Trinajstić information content (AvgIpc) is 2.46. The lowest BCUT2D eigenvalue weighted by atomic mass is 9.84. The van der Waals surface area contributed by atoms with E-state index >= 15 is 0 Å². The Morgan fingerprint density at radius 1 is 1.30 bits per heavy atom. The number of nitrogens with two attached hydrogens (primary N) is 1. The molecular weight excluding hydrogens is 310 g/mol. The molecule has 0 saturated carbocycles. The smallest absolute Gasteiger partial charge is 0.314 e. The van der Waals surface area contributed by atoms with Gasteiger partial charge >= 0.3 is 6.03 Å². The minimum absolute atomic E-state index is 0.227. The second kappa shape index (κ2) is 7.54. The van der Waals surface area contributed by atoms with Gasteiger partial charge in [-0.05, 0) is 42.4 Å². The molecule has 0 aliphatic carbocycles. The van der Waals surface area contributed by atoms with Crippen LogP contribution in [0.3, 0.4) is 0 Å². The largest absolute Gasteiger partial charge is 0.351 e. The highest BCUT2D eigenvalue weighted by Crippen LogP contribution is 2.31. The van der Waals surface area contributed by atoms with Gasteiger partial charge in [-0.2, -0.15) is 0 Å². The monoisotopic (exact) mass is 337 g/mol. The van der Waals surface area contributed by atoms with E-state index in [1.807, 2.05) is 12.1 Å². The van der Waals surface area contributed by atoms with Gasteiger partial charge < -0.3 is 16.0 Å². The van der Waals surface area contributed by atoms with Gasteiger partial charge in [0.05, 0.1) is 0 Å². The fraction of sp³-hybridized carbons (Fsp3) is 0.611. The van der Waals surface area contributed by atoms with Gasteiger partial charge in [-0.25, -0.2) is 4.79 Å². The first-order chi connectivity index (χ1) is 10.7. The molecule has 3 N–H and O–H groups in total. The Labute approximate surface area is 144 Å². The Hall–Kier alpha value is -1.26. The number of urea groups is 1. The number of rotatable bonds is 4. The third kappa shape index (κ3) is 5.70. The zero-order chi connectivity index (χ0) is 17.0. The van der Waals surface area contributed by atoms with Crippen LogP contribution in [-0.4, -0.2) is 30.1 Å². The van der Waals surface area contributed by atoms with Crippen LogP contribution in [0.5, 0.6) is 0 Å². The van der Waals surface area contributed by atoms with Crippen molar-refractivity contribution in [2.24, 2.45) is 11.1 Å². The van der Waals surface area contributed by atoms with Crippen molar-refractivity contribution in [3.63, 3.8) is 0 Å². The summed E-state index contributed by atoms with van der Waals surface area (Å²) in [5.41, 5.74) is 6.85. The molecule has 4 nitrogen and oxygen atoms in total. The number of piperidine rings is 1. The maximum absolute atomic E-state index is 11.2. The first kappa shape index (κ1) is 18.1. The van der Waals surface area contributed by atoms with Crippen LogP contribution in [0.15, 0.2) is 24.3 Å². The Balaban J connectivity index is 2.03. The number of nitrogens with one attached hydrogen (secondary N) is 1. The van der Waals surface area contributed by atoms with Crippen LogP contribution in [0, 0.1) is 5.41 Å². The van der Waals surface area contributed by atoms with Crippen LogP contribution in [0.25, 0.3) is 0 Å². The number of primary amides is 1. The van der Waals surface area contributed by atoms with Gasteiger partial charge in [0.2, 0.25) is 0 Å². The molecule has 1 atom stereocenters. The lowest BCUT2D eigenvalue weighted by molar-refractivity contribution is 0.178. The van der Waals surface area contributed by atoms with Crippen LogP contribution >= 0.6 is 11.6 Å². The molecule has 1 aliphatic heterocycles. The lowest BCUT2D eigenvalue weighted by Crippen LogP contribution is -2.47. The standard InChI is InChI=1S/C18H28ClN3O/c1-18(2,3)12-16(13-4-6-14(19)7-5-13)21-15-8-10-22(11-9-15)17(20)23/h4-7,15-16,21H,8-12H2,1-3H3,(H2,20,23)/t16-/m1/s1. The van der Waals surface area contributed by atoms with Crippen molar-refractivity contribution in [2.75, 3.05) is 13.1 Å². The van der Waals surface area contributed by atoms with Crippen molar-refractivity contribution in [3.8, 4) is 0 Å². The van der Waals surface area contributed by atoms with Gasteiger partial charge in [0, 0.05) is 30.2 Å². The summed E-state index contributed by atoms with van der Waals surface area (Å²) >= 11 is 6.02. The highest BCUT2D eigenvalue weighted by molar-refractivity contribution is 6.30. The summed E-state index contributed by atoms with van der Waals surface area (Å²) < 4.78 is 0. The number of likely N-dealkylation sites (tertiary alicyclic amines) is 1. The zero-order valence-corrected chi connectivity index (χ0v) is 15.1. The van der Waals surface area contributed by atoms with Crippen LogP contribution < -0.4 is 11.1 Å². The Kier molecular flexibility index (Phi) is 5.93. The van der Waals surface area contributed by atoms with Crippen molar-refractivity contribution >= 4 is 17.6 Å². The normalized spacial score (nSPS) is 18.0. The SMILES string of the molecule is CC(C)(C)C[C@@H](NC1CCN(C(N)=O)CC1)c1ccc(Cl)cc1. The van der Waals surface area contributed by atoms with Gasteiger partial charge in [-0.1, -0.05) is 44.5 Å². The quantitative estimate of drug-likeness (QED) is 0.874. The van der Waals surface area contributed by atoms with Gasteiger partial charge in [0.15, 0.2) is 0 Å². The summed E-state index contributed by atoms with van der Waals surface area (Å²) in [5.74, 6) is 0. The third-order valence-corrected chi connectivity index (χ3v) is 4.58. The zero-order valence-electron chi connectivity index (χ0n) is 14.3. The van der Waals surface area contributed by atoms with E-state index in [-0.39, 0.29) is 17.5 Å². The number of nitrogens with zero attached hydrogens (tertiary/aromatic N) is 1. The van der Waals surface area contributed by atoms with Crippen molar-refractivity contribution in [2.45, 2.75) is 52.1 Å². The molecule has 5 heteroatoms. The van der Waals surface area contributed by atoms with Crippen molar-refractivity contribution in [1.29, 1.82) is 0 Å². The van der Waals surface area contributed by atoms with E-state index in [1.54, 1.807) is 4.90 Å². The first-order valence-corrected chi connectivity index (χ1v) is 8.68. The predicted octanol–water partition coefficient (Wildman–Crippen LogP) is 3.95. The summed E-state index contributed by atoms with van der Waals surface area (Å²) in [4.78, 5) is 13.0. The molecule has 2 amide bonds. The molecule has 0 unspecified atom stereocenters. The molecule has 0 spiro atoms. The molecule has 1 aromatic carbocycles. The summed E-state index contributed by atoms with van der Waals surface area (Å²) in [7, 11) is 0. The molecule has 1 aromatic rings. The van der Waals surface area contributed by atoms with Crippen molar-refractivity contribution < 1.29 is 4.79 Å². The highest BCUT2D eigenvalue weighted by Gasteiger charge is 2.26. The Bertz CT molecular complexity index is 516. The summed E-state index contributed by atoms with van der Waals surface area (Å²) in [6.07, 6.45) is 2.93. The molecule has 1 aliphatic rings. The molecule has 23 heavy (non-hydrogen) atoms. The number of halogens is 1. The molecular formula is C18H28ClN3O. The van der Waals surface area contributed by atoms with E-state index in [4.69, 9.17) is 17.3 Å². The van der Waals surface area contributed by atoms with Gasteiger partial charge in [-0.15, -0.1) is 0 Å². The fourth-order valence-corrected chi connectivity index (χ4v) is 3.26. The molecule has 2 rings (SSSR count). The second-order valence-electron chi connectivity index (χ2n) is 7.64. The number of hydrogen-bond acceptors (Lipinski definition) is 2. The topological polar surface area (TPSA) is 58.4 Å². The minimum Gasteiger partial charge on any atom is -0.351 e. The predicted molar refractivity (Wildman–Crippen MR) is 95.6 cm³/mol. The minimum atomic E-state index is -0.313. The average molecular weight is 338 g/mol. The number of carbonyl (C=O) groups is 1. The first-order valence-electron chi connectivity index (χ1n) is 8.30. The number of carbonyl (C=O) groups excluding carboxylic acids is 1. The lowest BCUT2D eigenvalue weighted by Gasteiger charge is -2.35. The molecule has 1 fully saturated rings. The molecule has 0 radical (unpaired) electrons. The Morgan fingerprint density at radius 3 is 2.35 bits per heavy atom. The van der Waals surface area contributed by atoms with E-state index in [2.05, 4.69) is 38.2 Å². The van der Waals surface area contributed by atoms with Crippen molar-refractivity contribution in [1.82, 2.24) is 10.2 Å². The van der Waals surface area contributed by atoms with Crippen LogP contribution in [0.2, 0.25) is 5.02 Å². The van der Waals surface area contributed by atoms with Crippen LogP contribution in [0.1, 0.15) is 51.6 Å². The maximum atomic E-state index is 11.2. The van der Waals surface area contributed by atoms with Gasteiger partial charge in [0.25, 0.3) is 0 Å². The van der Waals surface area contributed by atoms with E-state index in [0.717, 1.165) is 37.4 Å². The third-order valence-electron chi connectivity index (χ3n) is 4.33. The van der Waals surface area contributed by atoms with Crippen LogP contribution in [0.4, 0.5) is 4.79 Å². The van der Waals surface area contributed by atoms with E-state index in [9.17, 15) is 4.79 Å². The fourth-order valence-electron chi connectivity index (χ4n) is 3.13. The number of hydrogen-bond donors (Lipinski definition) is 2. The van der Waals surface area contributed by atoms with Gasteiger partial charge in [-0.3, -0.25) is 0 Å². The molecule has 1 heterocycles. The summed E-state index contributed by atoms with van der Waals surface area (Å²) in [5, 5.41) is 4.55. The van der Waals surface area contributed by atoms with E-state index < -0.39 is 0 Å². The summed E-state index contributed by atoms with van der Waals surface area (Å²) in [6, 6.07) is 8.49. The maximum Gasteiger partial charge on any atom is 0.314 e. The van der Waals surface area contributed by atoms with E-state index in [0.29, 0.717) is 6.04 Å². The molecule has 0 bridgehead atoms.